The van der Waals surface area contributed by atoms with E-state index >= 15 is 0 Å². The predicted molar refractivity (Wildman–Crippen MR) is 46.9 cm³/mol. The Bertz CT molecular complexity index is 195. The summed E-state index contributed by atoms with van der Waals surface area (Å²) in [6, 6.07) is 0. The first-order chi connectivity index (χ1) is 5.16. The van der Waals surface area contributed by atoms with Crippen molar-refractivity contribution in [3.63, 3.8) is 0 Å². The Morgan fingerprint density at radius 3 is 2.73 bits per heavy atom. The zero-order chi connectivity index (χ0) is 8.43. The van der Waals surface area contributed by atoms with Gasteiger partial charge in [0.15, 0.2) is 6.29 Å². The Labute approximate surface area is 75.1 Å². The molecule has 0 aliphatic carbocycles. The fourth-order valence-corrected chi connectivity index (χ4v) is 2.13. The second kappa shape index (κ2) is 3.47. The Kier molecular flexibility index (Phi) is 2.81. The molecule has 0 aromatic carbocycles. The van der Waals surface area contributed by atoms with Crippen molar-refractivity contribution >= 4 is 29.8 Å². The van der Waals surface area contributed by atoms with Gasteiger partial charge in [0.2, 0.25) is 0 Å². The van der Waals surface area contributed by atoms with Crippen LogP contribution in [0.15, 0.2) is 11.1 Å². The maximum absolute atomic E-state index is 10.4. The first-order valence-corrected chi connectivity index (χ1v) is 4.37. The molecular formula is C6H9ClN2OS. The summed E-state index contributed by atoms with van der Waals surface area (Å²) in [4.78, 5) is 12.3. The monoisotopic (exact) mass is 192 g/mol. The lowest BCUT2D eigenvalue weighted by molar-refractivity contribution is -0.105. The lowest BCUT2D eigenvalue weighted by Gasteiger charge is -2.24. The zero-order valence-corrected chi connectivity index (χ0v) is 7.89. The second-order valence-electron chi connectivity index (χ2n) is 2.40. The number of thioether (sulfide) groups is 1. The number of halogens is 1. The zero-order valence-electron chi connectivity index (χ0n) is 6.32. The van der Waals surface area contributed by atoms with Crippen molar-refractivity contribution in [3.8, 4) is 0 Å². The minimum Gasteiger partial charge on any atom is -0.296 e. The van der Waals surface area contributed by atoms with Gasteiger partial charge < -0.3 is 0 Å². The van der Waals surface area contributed by atoms with Crippen LogP contribution in [0.25, 0.3) is 0 Å². The summed E-state index contributed by atoms with van der Waals surface area (Å²) in [5.41, 5.74) is 0.562. The summed E-state index contributed by atoms with van der Waals surface area (Å²) in [6.07, 6.45) is 0.753. The van der Waals surface area contributed by atoms with Crippen LogP contribution in [0.4, 0.5) is 0 Å². The minimum absolute atomic E-state index is 0.0388. The van der Waals surface area contributed by atoms with E-state index in [0.717, 1.165) is 6.29 Å². The number of carbonyl (C=O) groups excluding carboxylic acids is 1. The third kappa shape index (κ3) is 1.69. The topological polar surface area (TPSA) is 23.6 Å². The molecule has 0 aromatic heterocycles. The SMILES string of the molecule is CN(C)C1SC=C(C=O)N1Cl. The van der Waals surface area contributed by atoms with Crippen LogP contribution in [-0.4, -0.2) is 35.2 Å². The molecule has 5 heteroatoms. The summed E-state index contributed by atoms with van der Waals surface area (Å²) in [5.74, 6) is 0. The number of carbonyl (C=O) groups is 1. The van der Waals surface area contributed by atoms with Gasteiger partial charge in [-0.05, 0) is 14.1 Å². The van der Waals surface area contributed by atoms with Gasteiger partial charge >= 0.3 is 0 Å². The molecule has 0 saturated carbocycles. The highest BCUT2D eigenvalue weighted by Crippen LogP contribution is 2.32. The van der Waals surface area contributed by atoms with Gasteiger partial charge in [-0.3, -0.25) is 14.1 Å². The van der Waals surface area contributed by atoms with Crippen LogP contribution in [0, 0.1) is 0 Å². The molecule has 1 aliphatic rings. The summed E-state index contributed by atoms with van der Waals surface area (Å²) < 4.78 is 1.43. The van der Waals surface area contributed by atoms with E-state index in [2.05, 4.69) is 0 Å². The van der Waals surface area contributed by atoms with Crippen LogP contribution in [0.1, 0.15) is 0 Å². The smallest absolute Gasteiger partial charge is 0.167 e. The summed E-state index contributed by atoms with van der Waals surface area (Å²) in [5, 5.41) is 1.75. The minimum atomic E-state index is 0.0388. The first-order valence-electron chi connectivity index (χ1n) is 3.09. The van der Waals surface area contributed by atoms with Crippen molar-refractivity contribution in [2.45, 2.75) is 5.50 Å². The molecular weight excluding hydrogens is 184 g/mol. The average molecular weight is 193 g/mol. The third-order valence-electron chi connectivity index (χ3n) is 1.31. The number of hydrogen-bond acceptors (Lipinski definition) is 4. The van der Waals surface area contributed by atoms with E-state index in [1.165, 1.54) is 16.2 Å². The number of allylic oxidation sites excluding steroid dienone is 1. The van der Waals surface area contributed by atoms with Crippen LogP contribution < -0.4 is 0 Å². The van der Waals surface area contributed by atoms with E-state index < -0.39 is 0 Å². The van der Waals surface area contributed by atoms with E-state index in [1.807, 2.05) is 19.0 Å². The number of hydrogen-bond donors (Lipinski definition) is 0. The molecule has 0 spiro atoms. The molecule has 0 bridgehead atoms. The fraction of sp³-hybridized carbons (Fsp3) is 0.500. The average Bonchev–Trinajstić information content (AvgIpc) is 2.30. The van der Waals surface area contributed by atoms with Crippen LogP contribution in [0.5, 0.6) is 0 Å². The first kappa shape index (κ1) is 8.90. The van der Waals surface area contributed by atoms with Gasteiger partial charge in [0.25, 0.3) is 0 Å². The number of rotatable bonds is 2. The molecule has 1 heterocycles. The Balaban J connectivity index is 2.63. The molecule has 1 rings (SSSR count). The highest BCUT2D eigenvalue weighted by atomic mass is 35.5. The van der Waals surface area contributed by atoms with Gasteiger partial charge in [-0.1, -0.05) is 11.8 Å². The van der Waals surface area contributed by atoms with Gasteiger partial charge in [-0.25, -0.2) is 0 Å². The van der Waals surface area contributed by atoms with Crippen LogP contribution in [0.2, 0.25) is 0 Å². The second-order valence-corrected chi connectivity index (χ2v) is 3.69. The lowest BCUT2D eigenvalue weighted by atomic mass is 10.5. The lowest BCUT2D eigenvalue weighted by Crippen LogP contribution is -2.33. The largest absolute Gasteiger partial charge is 0.296 e. The van der Waals surface area contributed by atoms with E-state index in [1.54, 1.807) is 5.41 Å². The van der Waals surface area contributed by atoms with Crippen molar-refractivity contribution in [1.29, 1.82) is 0 Å². The maximum Gasteiger partial charge on any atom is 0.167 e. The Hall–Kier alpha value is -0.190. The summed E-state index contributed by atoms with van der Waals surface area (Å²) in [6.45, 7) is 0. The van der Waals surface area contributed by atoms with E-state index in [9.17, 15) is 4.79 Å². The normalized spacial score (nSPS) is 24.2. The maximum atomic E-state index is 10.4. The summed E-state index contributed by atoms with van der Waals surface area (Å²) in [7, 11) is 3.82. The molecule has 0 saturated heterocycles. The molecule has 0 N–H and O–H groups in total. The molecule has 62 valence electrons. The van der Waals surface area contributed by atoms with Crippen molar-refractivity contribution < 1.29 is 4.79 Å². The fourth-order valence-electron chi connectivity index (χ4n) is 0.764. The van der Waals surface area contributed by atoms with E-state index in [0.29, 0.717) is 5.70 Å². The molecule has 0 fully saturated rings. The molecule has 0 amide bonds. The number of nitrogens with zero attached hydrogens (tertiary/aromatic N) is 2. The van der Waals surface area contributed by atoms with Gasteiger partial charge in [0, 0.05) is 17.2 Å². The third-order valence-corrected chi connectivity index (χ3v) is 3.06. The molecule has 11 heavy (non-hydrogen) atoms. The molecule has 1 unspecified atom stereocenters. The van der Waals surface area contributed by atoms with Gasteiger partial charge in [0.05, 0.1) is 0 Å². The van der Waals surface area contributed by atoms with Crippen molar-refractivity contribution in [2.75, 3.05) is 14.1 Å². The molecule has 1 aliphatic heterocycles. The quantitative estimate of drug-likeness (QED) is 0.483. The van der Waals surface area contributed by atoms with Crippen LogP contribution >= 0.6 is 23.5 Å². The van der Waals surface area contributed by atoms with E-state index in [4.69, 9.17) is 11.8 Å². The molecule has 0 aromatic rings. The van der Waals surface area contributed by atoms with Gasteiger partial charge in [0.1, 0.15) is 11.2 Å². The summed E-state index contributed by atoms with van der Waals surface area (Å²) >= 11 is 7.33. The highest BCUT2D eigenvalue weighted by Gasteiger charge is 2.26. The highest BCUT2D eigenvalue weighted by molar-refractivity contribution is 8.02. The molecule has 1 atom stereocenters. The Morgan fingerprint density at radius 1 is 1.82 bits per heavy atom. The van der Waals surface area contributed by atoms with Crippen LogP contribution in [0.3, 0.4) is 0 Å². The number of aldehydes is 1. The van der Waals surface area contributed by atoms with E-state index in [-0.39, 0.29) is 5.50 Å². The molecule has 0 radical (unpaired) electrons. The standard InChI is InChI=1S/C6H9ClN2OS/c1-8(2)6-9(7)5(3-10)4-11-6/h3-4,6H,1-2H3. The van der Waals surface area contributed by atoms with Gasteiger partial charge in [-0.15, -0.1) is 0 Å². The predicted octanol–water partition coefficient (Wildman–Crippen LogP) is 1.07. The van der Waals surface area contributed by atoms with Crippen LogP contribution in [-0.2, 0) is 4.79 Å². The van der Waals surface area contributed by atoms with Gasteiger partial charge in [-0.2, -0.15) is 0 Å². The van der Waals surface area contributed by atoms with Crippen molar-refractivity contribution in [3.05, 3.63) is 11.1 Å². The van der Waals surface area contributed by atoms with Crippen molar-refractivity contribution in [2.24, 2.45) is 0 Å². The van der Waals surface area contributed by atoms with Crippen molar-refractivity contribution in [1.82, 2.24) is 9.32 Å². The molecule has 3 nitrogen and oxygen atoms in total. The Morgan fingerprint density at radius 2 is 2.45 bits per heavy atom.